The highest BCUT2D eigenvalue weighted by molar-refractivity contribution is 8.14. The van der Waals surface area contributed by atoms with E-state index in [4.69, 9.17) is 0 Å². The first kappa shape index (κ1) is 21.7. The van der Waals surface area contributed by atoms with Gasteiger partial charge < -0.3 is 15.6 Å². The van der Waals surface area contributed by atoms with Crippen molar-refractivity contribution in [3.05, 3.63) is 66.3 Å². The van der Waals surface area contributed by atoms with E-state index >= 15 is 0 Å². The Bertz CT molecular complexity index is 1250. The number of carboxylic acids is 2. The molecule has 0 saturated heterocycles. The summed E-state index contributed by atoms with van der Waals surface area (Å²) in [6.45, 7) is 6.61. The summed E-state index contributed by atoms with van der Waals surface area (Å²) in [7, 11) is -0.778. The first-order valence-corrected chi connectivity index (χ1v) is 11.5. The van der Waals surface area contributed by atoms with E-state index in [0.717, 1.165) is 12.8 Å². The molecule has 0 radical (unpaired) electrons. The highest BCUT2D eigenvalue weighted by Gasteiger charge is 2.30. The van der Waals surface area contributed by atoms with Crippen molar-refractivity contribution < 1.29 is 19.8 Å². The third-order valence-electron chi connectivity index (χ3n) is 5.03. The fraction of sp³-hybridized carbons (Fsp3) is 0.227. The number of nitrogens with one attached hydrogen (secondary N) is 1. The summed E-state index contributed by atoms with van der Waals surface area (Å²) in [5.74, 6) is -1.50. The molecule has 0 fully saturated rings. The Labute approximate surface area is 187 Å². The van der Waals surface area contributed by atoms with Crippen LogP contribution in [0.25, 0.3) is 17.0 Å². The lowest BCUT2D eigenvalue weighted by atomic mass is 10.1. The molecule has 0 bridgehead atoms. The number of nitrogens with zero attached hydrogens (tertiary/aromatic N) is 4. The average molecular weight is 454 g/mol. The number of carboxylic acid groups (broad SMARTS) is 2. The lowest BCUT2D eigenvalue weighted by Crippen LogP contribution is -2.29. The number of aliphatic carboxylic acids is 1. The van der Waals surface area contributed by atoms with Crippen molar-refractivity contribution in [2.24, 2.45) is 0 Å². The van der Waals surface area contributed by atoms with E-state index < -0.39 is 22.6 Å². The van der Waals surface area contributed by atoms with E-state index in [2.05, 4.69) is 28.9 Å². The second-order valence-corrected chi connectivity index (χ2v) is 9.13. The van der Waals surface area contributed by atoms with Gasteiger partial charge in [0.15, 0.2) is 5.69 Å². The van der Waals surface area contributed by atoms with Gasteiger partial charge in [-0.15, -0.1) is 0 Å². The first-order valence-electron chi connectivity index (χ1n) is 10.1. The molecule has 1 aliphatic heterocycles. The number of imidazole rings is 1. The molecule has 32 heavy (non-hydrogen) atoms. The summed E-state index contributed by atoms with van der Waals surface area (Å²) < 4.78 is 3.35. The Morgan fingerprint density at radius 3 is 2.53 bits per heavy atom. The van der Waals surface area contributed by atoms with E-state index in [1.54, 1.807) is 24.4 Å². The van der Waals surface area contributed by atoms with Gasteiger partial charge in [-0.1, -0.05) is 60.9 Å². The number of unbranched alkanes of at least 4 members (excludes halogenated alkanes) is 1. The minimum Gasteiger partial charge on any atom is -0.477 e. The summed E-state index contributed by atoms with van der Waals surface area (Å²) in [4.78, 5) is 33.1. The quantitative estimate of drug-likeness (QED) is 0.351. The van der Waals surface area contributed by atoms with Crippen LogP contribution in [0.3, 0.4) is 0 Å². The molecule has 2 aromatic heterocycles. The molecule has 3 N–H and O–H groups in total. The van der Waals surface area contributed by atoms with Gasteiger partial charge in [0.2, 0.25) is 5.78 Å². The molecule has 0 aliphatic carbocycles. The number of fused-ring (bicyclic) bond motifs is 1. The molecule has 10 heteroatoms. The van der Waals surface area contributed by atoms with Crippen LogP contribution in [0.4, 0.5) is 0 Å². The Morgan fingerprint density at radius 2 is 1.88 bits per heavy atom. The smallest absolute Gasteiger partial charge is 0.355 e. The van der Waals surface area contributed by atoms with E-state index in [0.29, 0.717) is 34.9 Å². The molecule has 1 unspecified atom stereocenters. The lowest BCUT2D eigenvalue weighted by molar-refractivity contribution is -0.129. The number of aromatic nitrogens is 3. The zero-order chi connectivity index (χ0) is 22.8. The van der Waals surface area contributed by atoms with E-state index in [9.17, 15) is 19.8 Å². The number of carbonyl (C=O) groups is 2. The highest BCUT2D eigenvalue weighted by Crippen LogP contribution is 2.33. The zero-order valence-corrected chi connectivity index (χ0v) is 18.3. The maximum atomic E-state index is 12.0. The van der Waals surface area contributed by atoms with Crippen LogP contribution in [-0.4, -0.2) is 52.3 Å². The maximum absolute atomic E-state index is 12.0. The van der Waals surface area contributed by atoms with Gasteiger partial charge in [0.1, 0.15) is 10.6 Å². The topological polar surface area (TPSA) is 120 Å². The maximum Gasteiger partial charge on any atom is 0.355 e. The van der Waals surface area contributed by atoms with Crippen LogP contribution in [0.15, 0.2) is 54.9 Å². The molecule has 0 amide bonds. The molecule has 3 aromatic rings. The predicted octanol–water partition coefficient (Wildman–Crippen LogP) is 3.17. The van der Waals surface area contributed by atoms with Crippen LogP contribution in [-0.2, 0) is 10.5 Å². The molecule has 4 rings (SSSR count). The summed E-state index contributed by atoms with van der Waals surface area (Å²) in [6.07, 6.45) is 3.51. The first-order chi connectivity index (χ1) is 15.4. The van der Waals surface area contributed by atoms with Gasteiger partial charge in [-0.25, -0.2) is 19.6 Å². The molecule has 9 nitrogen and oxygen atoms in total. The normalized spacial score (nSPS) is 16.5. The van der Waals surface area contributed by atoms with Gasteiger partial charge in [-0.3, -0.25) is 4.40 Å². The molecule has 3 heterocycles. The van der Waals surface area contributed by atoms with Gasteiger partial charge in [-0.05, 0) is 12.5 Å². The van der Waals surface area contributed by atoms with Crippen molar-refractivity contribution in [3.8, 4) is 11.3 Å². The fourth-order valence-electron chi connectivity index (χ4n) is 3.55. The SMILES string of the molecule is C=C1NN(CCCC)S(Cc2ccn3c(C(=O)O)c(-c4ccccc4)nc3n2)=C1C(=O)O. The van der Waals surface area contributed by atoms with Crippen molar-refractivity contribution in [2.75, 3.05) is 6.54 Å². The second-order valence-electron chi connectivity index (χ2n) is 7.26. The highest BCUT2D eigenvalue weighted by atomic mass is 32.2. The summed E-state index contributed by atoms with van der Waals surface area (Å²) >= 11 is 0. The minimum atomic E-state index is -1.10. The third-order valence-corrected chi connectivity index (χ3v) is 7.30. The molecule has 166 valence electrons. The van der Waals surface area contributed by atoms with Crippen LogP contribution >= 0.6 is 10.7 Å². The Hall–Kier alpha value is -3.50. The van der Waals surface area contributed by atoms with Crippen molar-refractivity contribution in [3.63, 3.8) is 0 Å². The van der Waals surface area contributed by atoms with Crippen LogP contribution in [0, 0.1) is 0 Å². The number of aromatic carboxylic acids is 1. The number of benzene rings is 1. The number of hydrogen-bond donors (Lipinski definition) is 3. The molecule has 1 aliphatic rings. The molecular weight excluding hydrogens is 430 g/mol. The van der Waals surface area contributed by atoms with Crippen molar-refractivity contribution in [1.29, 1.82) is 0 Å². The van der Waals surface area contributed by atoms with Crippen molar-refractivity contribution in [2.45, 2.75) is 25.5 Å². The average Bonchev–Trinajstić information content (AvgIpc) is 3.30. The van der Waals surface area contributed by atoms with Crippen LogP contribution in [0.2, 0.25) is 0 Å². The summed E-state index contributed by atoms with van der Waals surface area (Å²) in [6, 6.07) is 10.8. The third kappa shape index (κ3) is 4.02. The summed E-state index contributed by atoms with van der Waals surface area (Å²) in [5, 5.41) is 19.5. The summed E-state index contributed by atoms with van der Waals surface area (Å²) in [5.41, 5.74) is 5.15. The van der Waals surface area contributed by atoms with Gasteiger partial charge in [0.25, 0.3) is 0 Å². The Kier molecular flexibility index (Phi) is 6.06. The number of rotatable bonds is 8. The van der Waals surface area contributed by atoms with Crippen LogP contribution in [0.5, 0.6) is 0 Å². The van der Waals surface area contributed by atoms with Crippen molar-refractivity contribution in [1.82, 2.24) is 24.2 Å². The number of hydrogen-bond acceptors (Lipinski definition) is 6. The standard InChI is InChI=1S/C22H23N5O4S/c1-3-4-11-27-25-14(2)19(21(30)31)32(27)13-16-10-12-26-18(20(28)29)17(24-22(26)23-16)15-8-6-5-7-9-15/h5-10,12,25H,2-4,11,13H2,1H3,(H,28,29)(H,30,31). The predicted molar refractivity (Wildman–Crippen MR) is 123 cm³/mol. The molecule has 0 spiro atoms. The molecule has 0 saturated carbocycles. The Morgan fingerprint density at radius 1 is 1.12 bits per heavy atom. The van der Waals surface area contributed by atoms with Crippen LogP contribution in [0.1, 0.15) is 35.9 Å². The second kappa shape index (κ2) is 8.93. The van der Waals surface area contributed by atoms with Crippen LogP contribution < -0.4 is 5.43 Å². The molecular formula is C22H23N5O4S. The monoisotopic (exact) mass is 453 g/mol. The lowest BCUT2D eigenvalue weighted by Gasteiger charge is -2.20. The van der Waals surface area contributed by atoms with Gasteiger partial charge in [0, 0.05) is 24.1 Å². The largest absolute Gasteiger partial charge is 0.477 e. The molecule has 1 atom stereocenters. The van der Waals surface area contributed by atoms with E-state index in [1.807, 2.05) is 22.6 Å². The van der Waals surface area contributed by atoms with Gasteiger partial charge in [-0.2, -0.15) is 4.41 Å². The Balaban J connectivity index is 1.76. The fourth-order valence-corrected chi connectivity index (χ4v) is 5.61. The van der Waals surface area contributed by atoms with Gasteiger partial charge >= 0.3 is 11.9 Å². The van der Waals surface area contributed by atoms with Crippen molar-refractivity contribution >= 4 is 33.3 Å². The number of hydrazine groups is 1. The van der Waals surface area contributed by atoms with E-state index in [-0.39, 0.29) is 16.3 Å². The van der Waals surface area contributed by atoms with Gasteiger partial charge in [0.05, 0.1) is 11.4 Å². The minimum absolute atomic E-state index is 0.0333. The van der Waals surface area contributed by atoms with E-state index in [1.165, 1.54) is 4.40 Å². The molecule has 1 aromatic carbocycles. The zero-order valence-electron chi connectivity index (χ0n) is 17.5.